The van der Waals surface area contributed by atoms with Crippen LogP contribution in [0.3, 0.4) is 0 Å². The normalized spacial score (nSPS) is 16.2. The zero-order valence-corrected chi connectivity index (χ0v) is 9.98. The summed E-state index contributed by atoms with van der Waals surface area (Å²) in [5.41, 5.74) is -1.70. The molecule has 0 radical (unpaired) electrons. The molecule has 2 N–H and O–H groups in total. The van der Waals surface area contributed by atoms with Gasteiger partial charge in [-0.15, -0.1) is 0 Å². The van der Waals surface area contributed by atoms with Gasteiger partial charge < -0.3 is 10.2 Å². The Bertz CT molecular complexity index is 405. The number of aliphatic carboxylic acids is 1. The van der Waals surface area contributed by atoms with E-state index < -0.39 is 23.3 Å². The first-order valence-corrected chi connectivity index (χ1v) is 5.61. The van der Waals surface area contributed by atoms with Gasteiger partial charge in [0.2, 0.25) is 0 Å². The Hall–Kier alpha value is -1.42. The van der Waals surface area contributed by atoms with E-state index in [9.17, 15) is 14.3 Å². The minimum Gasteiger partial charge on any atom is -0.479 e. The van der Waals surface area contributed by atoms with Crippen molar-refractivity contribution in [3.05, 3.63) is 35.6 Å². The van der Waals surface area contributed by atoms with Gasteiger partial charge in [-0.25, -0.2) is 9.18 Å². The number of halogens is 1. The van der Waals surface area contributed by atoms with Crippen molar-refractivity contribution in [2.24, 2.45) is 5.92 Å². The van der Waals surface area contributed by atoms with Crippen molar-refractivity contribution in [1.29, 1.82) is 0 Å². The molecular formula is C13H17FO3. The monoisotopic (exact) mass is 240 g/mol. The first-order valence-electron chi connectivity index (χ1n) is 5.61. The molecule has 17 heavy (non-hydrogen) atoms. The maximum absolute atomic E-state index is 13.4. The average molecular weight is 240 g/mol. The van der Waals surface area contributed by atoms with Crippen molar-refractivity contribution in [2.45, 2.75) is 32.3 Å². The summed E-state index contributed by atoms with van der Waals surface area (Å²) in [6.45, 7) is 3.44. The summed E-state index contributed by atoms with van der Waals surface area (Å²) in [7, 11) is 0. The topological polar surface area (TPSA) is 57.5 Å². The first kappa shape index (κ1) is 13.6. The fourth-order valence-electron chi connectivity index (χ4n) is 1.73. The molecule has 3 nitrogen and oxygen atoms in total. The molecule has 0 aromatic heterocycles. The molecule has 1 aromatic rings. The molecule has 0 aliphatic heterocycles. The Balaban J connectivity index is 3.03. The number of hydrogen-bond donors (Lipinski definition) is 2. The standard InChI is InChI=1S/C13H17FO3/c1-3-9(2)13(17,12(15)16)8-10-6-4-5-7-11(10)14/h4-7,9,17H,3,8H2,1-2H3,(H,15,16)/t9?,13-/m0/s1. The van der Waals surface area contributed by atoms with Gasteiger partial charge in [-0.3, -0.25) is 0 Å². The quantitative estimate of drug-likeness (QED) is 0.829. The van der Waals surface area contributed by atoms with Crippen LogP contribution in [-0.2, 0) is 11.2 Å². The lowest BCUT2D eigenvalue weighted by Gasteiger charge is -2.29. The minimum atomic E-state index is -1.92. The third-order valence-corrected chi connectivity index (χ3v) is 3.22. The van der Waals surface area contributed by atoms with Crippen LogP contribution in [0.2, 0.25) is 0 Å². The molecule has 0 fully saturated rings. The summed E-state index contributed by atoms with van der Waals surface area (Å²) >= 11 is 0. The Kier molecular flexibility index (Phi) is 4.23. The second kappa shape index (κ2) is 5.27. The number of carbonyl (C=O) groups is 1. The van der Waals surface area contributed by atoms with Crippen molar-refractivity contribution < 1.29 is 19.4 Å². The summed E-state index contributed by atoms with van der Waals surface area (Å²) in [5, 5.41) is 19.3. The van der Waals surface area contributed by atoms with E-state index in [0.717, 1.165) is 0 Å². The number of carboxylic acids is 1. The van der Waals surface area contributed by atoms with Gasteiger partial charge in [-0.2, -0.15) is 0 Å². The zero-order chi connectivity index (χ0) is 13.1. The first-order chi connectivity index (χ1) is 7.91. The molecular weight excluding hydrogens is 223 g/mol. The van der Waals surface area contributed by atoms with Crippen LogP contribution in [0.25, 0.3) is 0 Å². The van der Waals surface area contributed by atoms with Gasteiger partial charge in [0.25, 0.3) is 0 Å². The molecule has 0 saturated carbocycles. The van der Waals surface area contributed by atoms with E-state index in [-0.39, 0.29) is 12.0 Å². The second-order valence-corrected chi connectivity index (χ2v) is 4.31. The lowest BCUT2D eigenvalue weighted by atomic mass is 9.81. The van der Waals surface area contributed by atoms with Gasteiger partial charge in [0.05, 0.1) is 0 Å². The SMILES string of the molecule is CCC(C)[C@@](O)(Cc1ccccc1F)C(=O)O. The van der Waals surface area contributed by atoms with E-state index in [0.29, 0.717) is 6.42 Å². The lowest BCUT2D eigenvalue weighted by molar-refractivity contribution is -0.164. The van der Waals surface area contributed by atoms with E-state index in [1.54, 1.807) is 19.9 Å². The zero-order valence-electron chi connectivity index (χ0n) is 9.98. The minimum absolute atomic E-state index is 0.218. The Labute approximate surface area is 99.9 Å². The van der Waals surface area contributed by atoms with E-state index in [2.05, 4.69) is 0 Å². The van der Waals surface area contributed by atoms with Crippen molar-refractivity contribution in [3.63, 3.8) is 0 Å². The smallest absolute Gasteiger partial charge is 0.336 e. The third kappa shape index (κ3) is 2.82. The van der Waals surface area contributed by atoms with Crippen LogP contribution in [0, 0.1) is 11.7 Å². The number of hydrogen-bond acceptors (Lipinski definition) is 2. The summed E-state index contributed by atoms with van der Waals surface area (Å²) in [6.07, 6.45) is 0.293. The van der Waals surface area contributed by atoms with Crippen molar-refractivity contribution in [2.75, 3.05) is 0 Å². The van der Waals surface area contributed by atoms with Gasteiger partial charge in [-0.05, 0) is 17.5 Å². The van der Waals surface area contributed by atoms with Crippen LogP contribution in [0.15, 0.2) is 24.3 Å². The summed E-state index contributed by atoms with van der Waals surface area (Å²) in [6, 6.07) is 5.90. The maximum atomic E-state index is 13.4. The van der Waals surface area contributed by atoms with E-state index in [4.69, 9.17) is 5.11 Å². The second-order valence-electron chi connectivity index (χ2n) is 4.31. The highest BCUT2D eigenvalue weighted by Crippen LogP contribution is 2.26. The number of benzene rings is 1. The molecule has 0 spiro atoms. The average Bonchev–Trinajstić information content (AvgIpc) is 2.30. The maximum Gasteiger partial charge on any atom is 0.336 e. The highest BCUT2D eigenvalue weighted by atomic mass is 19.1. The molecule has 94 valence electrons. The predicted molar refractivity (Wildman–Crippen MR) is 62.1 cm³/mol. The van der Waals surface area contributed by atoms with Crippen LogP contribution in [0.1, 0.15) is 25.8 Å². The van der Waals surface area contributed by atoms with Crippen molar-refractivity contribution >= 4 is 5.97 Å². The molecule has 1 unspecified atom stereocenters. The molecule has 1 aromatic carbocycles. The Morgan fingerprint density at radius 1 is 1.47 bits per heavy atom. The van der Waals surface area contributed by atoms with Crippen LogP contribution >= 0.6 is 0 Å². The predicted octanol–water partition coefficient (Wildman–Crippen LogP) is 2.23. The highest BCUT2D eigenvalue weighted by molar-refractivity contribution is 5.78. The summed E-state index contributed by atoms with van der Waals surface area (Å²) in [4.78, 5) is 11.2. The number of rotatable bonds is 5. The van der Waals surface area contributed by atoms with Crippen LogP contribution in [0.4, 0.5) is 4.39 Å². The van der Waals surface area contributed by atoms with Gasteiger partial charge in [-0.1, -0.05) is 38.5 Å². The fourth-order valence-corrected chi connectivity index (χ4v) is 1.73. The molecule has 0 heterocycles. The number of carboxylic acid groups (broad SMARTS) is 1. The van der Waals surface area contributed by atoms with Crippen LogP contribution < -0.4 is 0 Å². The van der Waals surface area contributed by atoms with Crippen LogP contribution in [-0.4, -0.2) is 21.8 Å². The van der Waals surface area contributed by atoms with Gasteiger partial charge in [0.15, 0.2) is 5.60 Å². The van der Waals surface area contributed by atoms with Gasteiger partial charge >= 0.3 is 5.97 Å². The number of aliphatic hydroxyl groups is 1. The Morgan fingerprint density at radius 3 is 2.53 bits per heavy atom. The summed E-state index contributed by atoms with van der Waals surface area (Å²) in [5.74, 6) is -2.25. The largest absolute Gasteiger partial charge is 0.479 e. The third-order valence-electron chi connectivity index (χ3n) is 3.22. The van der Waals surface area contributed by atoms with E-state index in [1.165, 1.54) is 18.2 Å². The molecule has 2 atom stereocenters. The lowest BCUT2D eigenvalue weighted by Crippen LogP contribution is -2.46. The summed E-state index contributed by atoms with van der Waals surface area (Å²) < 4.78 is 13.4. The molecule has 0 saturated heterocycles. The van der Waals surface area contributed by atoms with Crippen molar-refractivity contribution in [3.8, 4) is 0 Å². The van der Waals surface area contributed by atoms with Gasteiger partial charge in [0.1, 0.15) is 5.82 Å². The van der Waals surface area contributed by atoms with E-state index in [1.807, 2.05) is 0 Å². The van der Waals surface area contributed by atoms with Crippen molar-refractivity contribution in [1.82, 2.24) is 0 Å². The molecule has 0 aliphatic carbocycles. The molecule has 1 rings (SSSR count). The molecule has 4 heteroatoms. The molecule has 0 bridgehead atoms. The van der Waals surface area contributed by atoms with Gasteiger partial charge in [0, 0.05) is 6.42 Å². The molecule has 0 aliphatic rings. The fraction of sp³-hybridized carbons (Fsp3) is 0.462. The Morgan fingerprint density at radius 2 is 2.06 bits per heavy atom. The van der Waals surface area contributed by atoms with Crippen LogP contribution in [0.5, 0.6) is 0 Å². The van der Waals surface area contributed by atoms with E-state index >= 15 is 0 Å². The molecule has 0 amide bonds. The highest BCUT2D eigenvalue weighted by Gasteiger charge is 2.41.